The molecule has 0 amide bonds. The third kappa shape index (κ3) is 5.43. The van der Waals surface area contributed by atoms with Crippen molar-refractivity contribution in [3.05, 3.63) is 106 Å². The summed E-state index contributed by atoms with van der Waals surface area (Å²) >= 11 is 5.78. The molecule has 0 atom stereocenters. The van der Waals surface area contributed by atoms with Gasteiger partial charge in [-0.1, -0.05) is 37.3 Å². The number of anilines is 1. The number of hydrogen-bond acceptors (Lipinski definition) is 3. The number of nitrogens with zero attached hydrogens (tertiary/aromatic N) is 1. The average molecular weight is 476 g/mol. The first kappa shape index (κ1) is 23.4. The summed E-state index contributed by atoms with van der Waals surface area (Å²) in [5.41, 5.74) is 4.07. The van der Waals surface area contributed by atoms with Crippen LogP contribution in [0.15, 0.2) is 77.6 Å². The number of H-pyrrole nitrogens is 1. The number of methoxy groups -OCH3 is 1. The first-order valence-corrected chi connectivity index (χ1v) is 11.5. The van der Waals surface area contributed by atoms with Crippen molar-refractivity contribution < 1.29 is 9.13 Å². The number of ether oxygens (including phenoxy) is 1. The van der Waals surface area contributed by atoms with Crippen LogP contribution < -0.4 is 15.6 Å². The highest BCUT2D eigenvalue weighted by Crippen LogP contribution is 2.21. The van der Waals surface area contributed by atoms with Gasteiger partial charge in [-0.05, 0) is 72.2 Å². The fourth-order valence-electron chi connectivity index (χ4n) is 3.83. The molecule has 0 aliphatic carbocycles. The summed E-state index contributed by atoms with van der Waals surface area (Å²) in [6.45, 7) is 2.78. The minimum Gasteiger partial charge on any atom is -0.497 e. The summed E-state index contributed by atoms with van der Waals surface area (Å²) < 4.78 is 18.8. The number of aryl methyl sites for hydroxylation is 1. The molecule has 3 aromatic carbocycles. The van der Waals surface area contributed by atoms with Crippen LogP contribution in [-0.2, 0) is 19.5 Å². The molecule has 0 bridgehead atoms. The topological polar surface area (TPSA) is 57.4 Å². The van der Waals surface area contributed by atoms with Gasteiger partial charge < -0.3 is 19.9 Å². The molecule has 4 aromatic rings. The van der Waals surface area contributed by atoms with Crippen molar-refractivity contribution in [3.63, 3.8) is 0 Å². The Balaban J connectivity index is 1.67. The lowest BCUT2D eigenvalue weighted by atomic mass is 10.1. The number of nitrogens with one attached hydrogen (secondary N) is 2. The minimum absolute atomic E-state index is 0.182. The molecule has 174 valence electrons. The molecule has 4 rings (SSSR count). The van der Waals surface area contributed by atoms with Gasteiger partial charge in [0.25, 0.3) is 5.56 Å². The second-order valence-corrected chi connectivity index (χ2v) is 8.39. The largest absolute Gasteiger partial charge is 0.497 e. The number of halogens is 1. The van der Waals surface area contributed by atoms with Crippen molar-refractivity contribution >= 4 is 33.9 Å². The van der Waals surface area contributed by atoms with E-state index in [4.69, 9.17) is 17.0 Å². The monoisotopic (exact) mass is 475 g/mol. The molecular weight excluding hydrogens is 449 g/mol. The summed E-state index contributed by atoms with van der Waals surface area (Å²) in [5.74, 6) is 0.412. The fourth-order valence-corrected chi connectivity index (χ4v) is 4.07. The molecule has 0 unspecified atom stereocenters. The maximum atomic E-state index is 13.5. The van der Waals surface area contributed by atoms with Crippen LogP contribution in [0.3, 0.4) is 0 Å². The van der Waals surface area contributed by atoms with Gasteiger partial charge in [0.2, 0.25) is 0 Å². The van der Waals surface area contributed by atoms with Crippen molar-refractivity contribution in [2.75, 3.05) is 12.4 Å². The highest BCUT2D eigenvalue weighted by molar-refractivity contribution is 7.80. The van der Waals surface area contributed by atoms with E-state index in [9.17, 15) is 9.18 Å². The molecule has 0 aliphatic rings. The molecule has 5 nitrogen and oxygen atoms in total. The number of aromatic amines is 1. The zero-order valence-electron chi connectivity index (χ0n) is 19.1. The first-order chi connectivity index (χ1) is 16.5. The zero-order chi connectivity index (χ0) is 24.1. The van der Waals surface area contributed by atoms with Gasteiger partial charge >= 0.3 is 0 Å². The van der Waals surface area contributed by atoms with Gasteiger partial charge in [-0.2, -0.15) is 0 Å². The van der Waals surface area contributed by atoms with Crippen LogP contribution in [0.4, 0.5) is 10.1 Å². The van der Waals surface area contributed by atoms with Crippen molar-refractivity contribution in [2.24, 2.45) is 0 Å². The predicted octanol–water partition coefficient (Wildman–Crippen LogP) is 5.64. The van der Waals surface area contributed by atoms with Crippen LogP contribution in [-0.4, -0.2) is 22.1 Å². The van der Waals surface area contributed by atoms with E-state index in [0.29, 0.717) is 23.0 Å². The molecule has 0 aliphatic heterocycles. The summed E-state index contributed by atoms with van der Waals surface area (Å²) in [6, 6.07) is 21.6. The number of hydrogen-bond donors (Lipinski definition) is 2. The van der Waals surface area contributed by atoms with Gasteiger partial charge in [0, 0.05) is 28.7 Å². The van der Waals surface area contributed by atoms with E-state index >= 15 is 0 Å². The maximum Gasteiger partial charge on any atom is 0.253 e. The van der Waals surface area contributed by atoms with Crippen LogP contribution in [0, 0.1) is 5.82 Å². The van der Waals surface area contributed by atoms with Gasteiger partial charge in [0.15, 0.2) is 5.11 Å². The smallest absolute Gasteiger partial charge is 0.253 e. The molecule has 0 fully saturated rings. The van der Waals surface area contributed by atoms with Crippen LogP contribution in [0.1, 0.15) is 23.6 Å². The van der Waals surface area contributed by atoms with Gasteiger partial charge in [-0.25, -0.2) is 4.39 Å². The van der Waals surface area contributed by atoms with Gasteiger partial charge in [0.1, 0.15) is 11.6 Å². The lowest BCUT2D eigenvalue weighted by molar-refractivity contribution is 0.410. The summed E-state index contributed by atoms with van der Waals surface area (Å²) in [6.07, 6.45) is 0.857. The Labute approximate surface area is 203 Å². The zero-order valence-corrected chi connectivity index (χ0v) is 19.9. The molecule has 0 saturated carbocycles. The standard InChI is InChI=1S/C27H26FN3O2S/c1-3-19-6-4-5-7-24(19)30-27(34)31(16-18-8-10-22(28)11-9-18)17-21-14-20-15-23(33-2)12-13-25(20)29-26(21)32/h4-15H,3,16-17H2,1-2H3,(H,29,32)(H,30,34). The Bertz CT molecular complexity index is 1370. The predicted molar refractivity (Wildman–Crippen MR) is 139 cm³/mol. The highest BCUT2D eigenvalue weighted by Gasteiger charge is 2.16. The number of aromatic nitrogens is 1. The quantitative estimate of drug-likeness (QED) is 0.339. The molecule has 1 heterocycles. The van der Waals surface area contributed by atoms with E-state index in [0.717, 1.165) is 34.1 Å². The van der Waals surface area contributed by atoms with Crippen molar-refractivity contribution in [1.82, 2.24) is 9.88 Å². The third-order valence-electron chi connectivity index (χ3n) is 5.70. The first-order valence-electron chi connectivity index (χ1n) is 11.0. The van der Waals surface area contributed by atoms with Crippen LogP contribution in [0.25, 0.3) is 10.9 Å². The molecule has 0 saturated heterocycles. The molecule has 7 heteroatoms. The van der Waals surface area contributed by atoms with Gasteiger partial charge in [-0.3, -0.25) is 4.79 Å². The molecule has 1 aromatic heterocycles. The van der Waals surface area contributed by atoms with E-state index in [2.05, 4.69) is 23.3 Å². The second-order valence-electron chi connectivity index (χ2n) is 8.00. The fraction of sp³-hybridized carbons (Fsp3) is 0.185. The molecule has 2 N–H and O–H groups in total. The number of fused-ring (bicyclic) bond motifs is 1. The van der Waals surface area contributed by atoms with E-state index in [-0.39, 0.29) is 17.9 Å². The van der Waals surface area contributed by atoms with Gasteiger partial charge in [0.05, 0.1) is 13.7 Å². The molecule has 0 spiro atoms. The Morgan fingerprint density at radius 1 is 1.03 bits per heavy atom. The lowest BCUT2D eigenvalue weighted by Crippen LogP contribution is -2.35. The Morgan fingerprint density at radius 3 is 2.53 bits per heavy atom. The Morgan fingerprint density at radius 2 is 1.79 bits per heavy atom. The van der Waals surface area contributed by atoms with E-state index in [1.165, 1.54) is 12.1 Å². The Kier molecular flexibility index (Phi) is 7.23. The third-order valence-corrected chi connectivity index (χ3v) is 6.06. The number of para-hydroxylation sites is 1. The van der Waals surface area contributed by atoms with Gasteiger partial charge in [-0.15, -0.1) is 0 Å². The van der Waals surface area contributed by atoms with E-state index in [1.807, 2.05) is 47.4 Å². The SMILES string of the molecule is CCc1ccccc1NC(=S)N(Cc1ccc(F)cc1)Cc1cc2cc(OC)ccc2[nH]c1=O. The summed E-state index contributed by atoms with van der Waals surface area (Å²) in [4.78, 5) is 17.7. The van der Waals surface area contributed by atoms with Crippen molar-refractivity contribution in [2.45, 2.75) is 26.4 Å². The normalized spacial score (nSPS) is 10.8. The second kappa shape index (κ2) is 10.5. The van der Waals surface area contributed by atoms with E-state index in [1.54, 1.807) is 19.2 Å². The van der Waals surface area contributed by atoms with Crippen molar-refractivity contribution in [1.29, 1.82) is 0 Å². The molecule has 34 heavy (non-hydrogen) atoms. The molecular formula is C27H26FN3O2S. The van der Waals surface area contributed by atoms with Crippen LogP contribution in [0.2, 0.25) is 0 Å². The lowest BCUT2D eigenvalue weighted by Gasteiger charge is -2.27. The molecule has 0 radical (unpaired) electrons. The number of pyridine rings is 1. The number of thiocarbonyl (C=S) groups is 1. The van der Waals surface area contributed by atoms with Crippen LogP contribution in [0.5, 0.6) is 5.75 Å². The summed E-state index contributed by atoms with van der Waals surface area (Å²) in [5, 5.41) is 4.69. The van der Waals surface area contributed by atoms with E-state index < -0.39 is 0 Å². The highest BCUT2D eigenvalue weighted by atomic mass is 32.1. The Hall–Kier alpha value is -3.71. The minimum atomic E-state index is -0.298. The maximum absolute atomic E-state index is 13.5. The van der Waals surface area contributed by atoms with Crippen molar-refractivity contribution in [3.8, 4) is 5.75 Å². The number of benzene rings is 3. The summed E-state index contributed by atoms with van der Waals surface area (Å²) in [7, 11) is 1.61. The number of rotatable bonds is 7. The van der Waals surface area contributed by atoms with Crippen LogP contribution >= 0.6 is 12.2 Å². The average Bonchev–Trinajstić information content (AvgIpc) is 2.85.